The third-order valence-electron chi connectivity index (χ3n) is 2.83. The van der Waals surface area contributed by atoms with Crippen molar-refractivity contribution in [2.24, 2.45) is 0 Å². The highest BCUT2D eigenvalue weighted by Gasteiger charge is 2.24. The van der Waals surface area contributed by atoms with E-state index in [0.717, 1.165) is 15.5 Å². The fraction of sp³-hybridized carbons (Fsp3) is 0.312. The first-order chi connectivity index (χ1) is 10.6. The van der Waals surface area contributed by atoms with Crippen LogP contribution in [0.15, 0.2) is 36.4 Å². The Morgan fingerprint density at radius 3 is 2.45 bits per heavy atom. The number of amides is 3. The summed E-state index contributed by atoms with van der Waals surface area (Å²) in [7, 11) is 1.34. The molecule has 0 aromatic heterocycles. The van der Waals surface area contributed by atoms with E-state index in [4.69, 9.17) is 4.84 Å². The lowest BCUT2D eigenvalue weighted by molar-refractivity contribution is -0.132. The molecule has 22 heavy (non-hydrogen) atoms. The van der Waals surface area contributed by atoms with Crippen LogP contribution in [0.25, 0.3) is 6.08 Å². The fourth-order valence-electron chi connectivity index (χ4n) is 1.76. The van der Waals surface area contributed by atoms with Gasteiger partial charge in [0.1, 0.15) is 6.29 Å². The van der Waals surface area contributed by atoms with Gasteiger partial charge in [0.2, 0.25) is 0 Å². The number of urea groups is 1. The molecule has 0 radical (unpaired) electrons. The van der Waals surface area contributed by atoms with Crippen molar-refractivity contribution in [3.05, 3.63) is 42.0 Å². The normalized spacial score (nSPS) is 10.5. The summed E-state index contributed by atoms with van der Waals surface area (Å²) < 4.78 is 0. The van der Waals surface area contributed by atoms with E-state index in [1.165, 1.54) is 13.2 Å². The topological polar surface area (TPSA) is 66.9 Å². The highest BCUT2D eigenvalue weighted by atomic mass is 16.7. The van der Waals surface area contributed by atoms with Gasteiger partial charge in [-0.2, -0.15) is 0 Å². The number of hydrogen-bond donors (Lipinski definition) is 0. The highest BCUT2D eigenvalue weighted by molar-refractivity contribution is 6.03. The number of carbonyl (C=O) groups excluding carboxylic acids is 3. The van der Waals surface area contributed by atoms with Crippen molar-refractivity contribution in [3.63, 3.8) is 0 Å². The molecular formula is C16H20N2O4. The van der Waals surface area contributed by atoms with Gasteiger partial charge in [0, 0.05) is 6.08 Å². The molecule has 6 nitrogen and oxygen atoms in total. The van der Waals surface area contributed by atoms with Gasteiger partial charge in [0.15, 0.2) is 0 Å². The van der Waals surface area contributed by atoms with E-state index >= 15 is 0 Å². The van der Waals surface area contributed by atoms with Crippen LogP contribution in [0.3, 0.4) is 0 Å². The zero-order valence-corrected chi connectivity index (χ0v) is 12.8. The molecule has 3 amide bonds. The molecule has 0 unspecified atom stereocenters. The van der Waals surface area contributed by atoms with Gasteiger partial charge in [-0.1, -0.05) is 37.3 Å². The van der Waals surface area contributed by atoms with Gasteiger partial charge in [-0.25, -0.2) is 9.86 Å². The summed E-state index contributed by atoms with van der Waals surface area (Å²) in [6.07, 6.45) is 4.02. The SMILES string of the molecule is CCCN(OC)C(=O)N(CC=O)C(=O)/C=C/c1ccccc1. The molecule has 0 bridgehead atoms. The second-order valence-corrected chi connectivity index (χ2v) is 4.43. The lowest BCUT2D eigenvalue weighted by Gasteiger charge is -2.25. The quantitative estimate of drug-likeness (QED) is 0.439. The average Bonchev–Trinajstić information content (AvgIpc) is 2.55. The largest absolute Gasteiger partial charge is 0.351 e. The Bertz CT molecular complexity index is 528. The van der Waals surface area contributed by atoms with Crippen molar-refractivity contribution >= 4 is 24.3 Å². The molecule has 1 aromatic rings. The standard InChI is InChI=1S/C16H20N2O4/c1-3-11-18(22-2)16(21)17(12-13-19)15(20)10-9-14-7-5-4-6-8-14/h4-10,13H,3,11-12H2,1-2H3/b10-9+. The number of aldehydes is 1. The van der Waals surface area contributed by atoms with Crippen LogP contribution in [-0.2, 0) is 14.4 Å². The van der Waals surface area contributed by atoms with Gasteiger partial charge in [0.25, 0.3) is 5.91 Å². The van der Waals surface area contributed by atoms with E-state index in [2.05, 4.69) is 0 Å². The molecule has 0 atom stereocenters. The minimum absolute atomic E-state index is 0.319. The lowest BCUT2D eigenvalue weighted by atomic mass is 10.2. The molecule has 0 heterocycles. The van der Waals surface area contributed by atoms with Gasteiger partial charge in [-0.15, -0.1) is 0 Å². The second kappa shape index (κ2) is 9.46. The van der Waals surface area contributed by atoms with Gasteiger partial charge in [-0.3, -0.25) is 14.5 Å². The molecular weight excluding hydrogens is 284 g/mol. The number of rotatable bonds is 7. The minimum Gasteiger partial charge on any atom is -0.301 e. The van der Waals surface area contributed by atoms with Crippen LogP contribution in [0.4, 0.5) is 4.79 Å². The average molecular weight is 304 g/mol. The van der Waals surface area contributed by atoms with E-state index in [1.807, 2.05) is 37.3 Å². The molecule has 6 heteroatoms. The second-order valence-electron chi connectivity index (χ2n) is 4.43. The number of hydroxylamine groups is 2. The molecule has 0 aliphatic carbocycles. The Morgan fingerprint density at radius 2 is 1.91 bits per heavy atom. The monoisotopic (exact) mass is 304 g/mol. The predicted molar refractivity (Wildman–Crippen MR) is 82.7 cm³/mol. The molecule has 0 spiro atoms. The zero-order valence-electron chi connectivity index (χ0n) is 12.8. The molecule has 1 rings (SSSR count). The molecule has 0 aliphatic rings. The van der Waals surface area contributed by atoms with E-state index in [-0.39, 0.29) is 6.54 Å². The molecule has 1 aromatic carbocycles. The number of imide groups is 1. The minimum atomic E-state index is -0.654. The Morgan fingerprint density at radius 1 is 1.23 bits per heavy atom. The van der Waals surface area contributed by atoms with Gasteiger partial charge >= 0.3 is 6.03 Å². The van der Waals surface area contributed by atoms with Crippen molar-refractivity contribution in [2.45, 2.75) is 13.3 Å². The Labute approximate surface area is 129 Å². The summed E-state index contributed by atoms with van der Waals surface area (Å²) in [5.74, 6) is -0.570. The third kappa shape index (κ3) is 5.14. The van der Waals surface area contributed by atoms with Crippen molar-refractivity contribution in [1.82, 2.24) is 9.96 Å². The summed E-state index contributed by atoms with van der Waals surface area (Å²) in [5, 5.41) is 1.05. The van der Waals surface area contributed by atoms with E-state index < -0.39 is 11.9 Å². The maximum Gasteiger partial charge on any atom is 0.351 e. The molecule has 118 valence electrons. The smallest absolute Gasteiger partial charge is 0.301 e. The summed E-state index contributed by atoms with van der Waals surface area (Å²) in [5.41, 5.74) is 0.825. The first-order valence-electron chi connectivity index (χ1n) is 6.97. The van der Waals surface area contributed by atoms with Gasteiger partial charge in [-0.05, 0) is 18.1 Å². The Balaban J connectivity index is 2.85. The summed E-state index contributed by atoms with van der Waals surface area (Å²) in [6, 6.07) is 8.54. The molecule has 0 saturated carbocycles. The van der Waals surface area contributed by atoms with Gasteiger partial charge in [0.05, 0.1) is 20.2 Å². The van der Waals surface area contributed by atoms with E-state index in [1.54, 1.807) is 6.08 Å². The molecule has 0 fully saturated rings. The van der Waals surface area contributed by atoms with Crippen LogP contribution in [0.5, 0.6) is 0 Å². The fourth-order valence-corrected chi connectivity index (χ4v) is 1.76. The first kappa shape index (κ1) is 17.6. The van der Waals surface area contributed by atoms with Gasteiger partial charge < -0.3 is 4.79 Å². The van der Waals surface area contributed by atoms with Crippen LogP contribution < -0.4 is 0 Å². The lowest BCUT2D eigenvalue weighted by Crippen LogP contribution is -2.46. The number of nitrogens with zero attached hydrogens (tertiary/aromatic N) is 2. The molecule has 0 saturated heterocycles. The number of carbonyl (C=O) groups is 3. The predicted octanol–water partition coefficient (Wildman–Crippen LogP) is 2.12. The highest BCUT2D eigenvalue weighted by Crippen LogP contribution is 2.05. The van der Waals surface area contributed by atoms with Crippen LogP contribution >= 0.6 is 0 Å². The van der Waals surface area contributed by atoms with Crippen molar-refractivity contribution in [2.75, 3.05) is 20.2 Å². The third-order valence-corrected chi connectivity index (χ3v) is 2.83. The zero-order chi connectivity index (χ0) is 16.4. The van der Waals surface area contributed by atoms with Crippen LogP contribution in [0.2, 0.25) is 0 Å². The first-order valence-corrected chi connectivity index (χ1v) is 6.97. The van der Waals surface area contributed by atoms with Crippen LogP contribution in [-0.4, -0.2) is 48.4 Å². The number of hydrogen-bond acceptors (Lipinski definition) is 4. The van der Waals surface area contributed by atoms with E-state index in [9.17, 15) is 14.4 Å². The van der Waals surface area contributed by atoms with Crippen molar-refractivity contribution < 1.29 is 19.2 Å². The summed E-state index contributed by atoms with van der Waals surface area (Å²) in [6.45, 7) is 1.89. The van der Waals surface area contributed by atoms with Crippen LogP contribution in [0, 0.1) is 0 Å². The van der Waals surface area contributed by atoms with Crippen LogP contribution in [0.1, 0.15) is 18.9 Å². The molecule has 0 N–H and O–H groups in total. The maximum absolute atomic E-state index is 12.2. The van der Waals surface area contributed by atoms with Crippen molar-refractivity contribution in [1.29, 1.82) is 0 Å². The van der Waals surface area contributed by atoms with Crippen molar-refractivity contribution in [3.8, 4) is 0 Å². The summed E-state index contributed by atoms with van der Waals surface area (Å²) in [4.78, 5) is 40.9. The van der Waals surface area contributed by atoms with E-state index in [0.29, 0.717) is 19.3 Å². The molecule has 0 aliphatic heterocycles. The Hall–Kier alpha value is -2.47. The Kier molecular flexibility index (Phi) is 7.56. The summed E-state index contributed by atoms with van der Waals surface area (Å²) >= 11 is 0. The number of benzene rings is 1. The maximum atomic E-state index is 12.2.